The standard InChI is InChI=1S/C14H21NO/c1-10(11-8-9-11)14(15-2)12-6-4-5-7-13(12)16-3/h4-7,10-11,14-15H,8-9H2,1-3H3. The van der Waals surface area contributed by atoms with Crippen LogP contribution in [0.1, 0.15) is 31.4 Å². The Kier molecular flexibility index (Phi) is 3.49. The molecule has 16 heavy (non-hydrogen) atoms. The summed E-state index contributed by atoms with van der Waals surface area (Å²) in [4.78, 5) is 0. The highest BCUT2D eigenvalue weighted by molar-refractivity contribution is 5.36. The third-order valence-electron chi connectivity index (χ3n) is 3.68. The molecule has 2 heteroatoms. The number of rotatable bonds is 5. The largest absolute Gasteiger partial charge is 0.496 e. The van der Waals surface area contributed by atoms with Gasteiger partial charge in [0.2, 0.25) is 0 Å². The van der Waals surface area contributed by atoms with Gasteiger partial charge in [0, 0.05) is 11.6 Å². The smallest absolute Gasteiger partial charge is 0.123 e. The van der Waals surface area contributed by atoms with Crippen molar-refractivity contribution in [2.45, 2.75) is 25.8 Å². The number of hydrogen-bond donors (Lipinski definition) is 1. The highest BCUT2D eigenvalue weighted by Crippen LogP contribution is 2.43. The molecular weight excluding hydrogens is 198 g/mol. The molecule has 0 spiro atoms. The van der Waals surface area contributed by atoms with Gasteiger partial charge in [0.15, 0.2) is 0 Å². The van der Waals surface area contributed by atoms with Gasteiger partial charge in [-0.2, -0.15) is 0 Å². The van der Waals surface area contributed by atoms with E-state index in [2.05, 4.69) is 24.4 Å². The van der Waals surface area contributed by atoms with Crippen LogP contribution in [0.4, 0.5) is 0 Å². The summed E-state index contributed by atoms with van der Waals surface area (Å²) in [5, 5.41) is 3.43. The highest BCUT2D eigenvalue weighted by atomic mass is 16.5. The van der Waals surface area contributed by atoms with Crippen LogP contribution in [0.25, 0.3) is 0 Å². The fraction of sp³-hybridized carbons (Fsp3) is 0.571. The molecule has 1 aliphatic carbocycles. The number of para-hydroxylation sites is 1. The van der Waals surface area contributed by atoms with E-state index in [0.717, 1.165) is 11.7 Å². The number of methoxy groups -OCH3 is 1. The van der Waals surface area contributed by atoms with Crippen molar-refractivity contribution in [3.8, 4) is 5.75 Å². The summed E-state index contributed by atoms with van der Waals surface area (Å²) in [6.07, 6.45) is 2.77. The summed E-state index contributed by atoms with van der Waals surface area (Å²) in [6.45, 7) is 2.34. The molecule has 1 N–H and O–H groups in total. The second-order valence-electron chi connectivity index (χ2n) is 4.70. The normalized spacial score (nSPS) is 19.2. The van der Waals surface area contributed by atoms with Gasteiger partial charge in [-0.25, -0.2) is 0 Å². The Bertz CT molecular complexity index is 346. The van der Waals surface area contributed by atoms with E-state index >= 15 is 0 Å². The minimum absolute atomic E-state index is 0.406. The molecule has 0 aliphatic heterocycles. The zero-order valence-electron chi connectivity index (χ0n) is 10.4. The zero-order valence-corrected chi connectivity index (χ0v) is 10.4. The summed E-state index contributed by atoms with van der Waals surface area (Å²) in [5.74, 6) is 2.57. The van der Waals surface area contributed by atoms with E-state index < -0.39 is 0 Å². The molecule has 2 rings (SSSR count). The summed E-state index contributed by atoms with van der Waals surface area (Å²) in [5.41, 5.74) is 1.28. The first-order chi connectivity index (χ1) is 7.77. The van der Waals surface area contributed by atoms with E-state index in [0.29, 0.717) is 12.0 Å². The van der Waals surface area contributed by atoms with Crippen molar-refractivity contribution in [2.24, 2.45) is 11.8 Å². The van der Waals surface area contributed by atoms with E-state index in [-0.39, 0.29) is 0 Å². The molecule has 0 heterocycles. The lowest BCUT2D eigenvalue weighted by Crippen LogP contribution is -2.25. The first kappa shape index (κ1) is 11.5. The van der Waals surface area contributed by atoms with Crippen LogP contribution in [0.5, 0.6) is 5.75 Å². The monoisotopic (exact) mass is 219 g/mol. The number of ether oxygens (including phenoxy) is 1. The van der Waals surface area contributed by atoms with Gasteiger partial charge in [-0.1, -0.05) is 25.1 Å². The van der Waals surface area contributed by atoms with Crippen molar-refractivity contribution in [3.63, 3.8) is 0 Å². The maximum Gasteiger partial charge on any atom is 0.123 e. The van der Waals surface area contributed by atoms with E-state index in [4.69, 9.17) is 4.74 Å². The lowest BCUT2D eigenvalue weighted by molar-refractivity contribution is 0.346. The van der Waals surface area contributed by atoms with Gasteiger partial charge in [-0.15, -0.1) is 0 Å². The third kappa shape index (κ3) is 2.22. The average Bonchev–Trinajstić information content (AvgIpc) is 3.14. The second kappa shape index (κ2) is 4.88. The van der Waals surface area contributed by atoms with Gasteiger partial charge in [-0.3, -0.25) is 0 Å². The number of hydrogen-bond acceptors (Lipinski definition) is 2. The molecule has 2 nitrogen and oxygen atoms in total. The number of benzene rings is 1. The first-order valence-corrected chi connectivity index (χ1v) is 6.08. The fourth-order valence-electron chi connectivity index (χ4n) is 2.52. The summed E-state index contributed by atoms with van der Waals surface area (Å²) >= 11 is 0. The first-order valence-electron chi connectivity index (χ1n) is 6.08. The fourth-order valence-corrected chi connectivity index (χ4v) is 2.52. The van der Waals surface area contributed by atoms with Crippen molar-refractivity contribution in [3.05, 3.63) is 29.8 Å². The van der Waals surface area contributed by atoms with Crippen LogP contribution in [0.2, 0.25) is 0 Å². The van der Waals surface area contributed by atoms with Gasteiger partial charge >= 0.3 is 0 Å². The van der Waals surface area contributed by atoms with Crippen molar-refractivity contribution >= 4 is 0 Å². The highest BCUT2D eigenvalue weighted by Gasteiger charge is 2.34. The Morgan fingerprint density at radius 2 is 2.00 bits per heavy atom. The Labute approximate surface area is 98.0 Å². The van der Waals surface area contributed by atoms with Crippen LogP contribution in [-0.2, 0) is 0 Å². The molecule has 1 aromatic rings. The van der Waals surface area contributed by atoms with E-state index in [1.807, 2.05) is 19.2 Å². The Morgan fingerprint density at radius 3 is 2.56 bits per heavy atom. The Hall–Kier alpha value is -1.02. The van der Waals surface area contributed by atoms with Gasteiger partial charge in [-0.05, 0) is 37.8 Å². The Balaban J connectivity index is 2.24. The maximum absolute atomic E-state index is 5.44. The van der Waals surface area contributed by atoms with Crippen molar-refractivity contribution < 1.29 is 4.74 Å². The molecule has 2 unspecified atom stereocenters. The third-order valence-corrected chi connectivity index (χ3v) is 3.68. The molecular formula is C14H21NO. The predicted molar refractivity (Wildman–Crippen MR) is 66.7 cm³/mol. The average molecular weight is 219 g/mol. The van der Waals surface area contributed by atoms with Gasteiger partial charge in [0.05, 0.1) is 7.11 Å². The minimum atomic E-state index is 0.406. The minimum Gasteiger partial charge on any atom is -0.496 e. The second-order valence-corrected chi connectivity index (χ2v) is 4.70. The molecule has 0 saturated heterocycles. The van der Waals surface area contributed by atoms with Crippen molar-refractivity contribution in [1.82, 2.24) is 5.32 Å². The molecule has 1 aliphatic rings. The van der Waals surface area contributed by atoms with Gasteiger partial charge < -0.3 is 10.1 Å². The van der Waals surface area contributed by atoms with Crippen LogP contribution < -0.4 is 10.1 Å². The van der Waals surface area contributed by atoms with Gasteiger partial charge in [0.25, 0.3) is 0 Å². The zero-order chi connectivity index (χ0) is 11.5. The molecule has 0 amide bonds. The van der Waals surface area contributed by atoms with Crippen LogP contribution in [-0.4, -0.2) is 14.2 Å². The summed E-state index contributed by atoms with van der Waals surface area (Å²) in [7, 11) is 3.78. The van der Waals surface area contributed by atoms with Crippen LogP contribution in [0.3, 0.4) is 0 Å². The van der Waals surface area contributed by atoms with E-state index in [1.54, 1.807) is 7.11 Å². The SMILES string of the molecule is CNC(c1ccccc1OC)C(C)C1CC1. The van der Waals surface area contributed by atoms with Crippen molar-refractivity contribution in [2.75, 3.05) is 14.2 Å². The van der Waals surface area contributed by atoms with E-state index in [9.17, 15) is 0 Å². The molecule has 2 atom stereocenters. The molecule has 88 valence electrons. The van der Waals surface area contributed by atoms with E-state index in [1.165, 1.54) is 18.4 Å². The van der Waals surface area contributed by atoms with Crippen LogP contribution >= 0.6 is 0 Å². The van der Waals surface area contributed by atoms with Crippen LogP contribution in [0, 0.1) is 11.8 Å². The molecule has 0 radical (unpaired) electrons. The van der Waals surface area contributed by atoms with Crippen molar-refractivity contribution in [1.29, 1.82) is 0 Å². The molecule has 0 aromatic heterocycles. The van der Waals surface area contributed by atoms with Crippen LogP contribution in [0.15, 0.2) is 24.3 Å². The lowest BCUT2D eigenvalue weighted by atomic mass is 9.90. The summed E-state index contributed by atoms with van der Waals surface area (Å²) < 4.78 is 5.44. The predicted octanol–water partition coefficient (Wildman–Crippen LogP) is 3.00. The lowest BCUT2D eigenvalue weighted by Gasteiger charge is -2.25. The number of nitrogens with one attached hydrogen (secondary N) is 1. The summed E-state index contributed by atoms with van der Waals surface area (Å²) in [6, 6.07) is 8.72. The molecule has 1 saturated carbocycles. The van der Waals surface area contributed by atoms with Gasteiger partial charge in [0.1, 0.15) is 5.75 Å². The maximum atomic E-state index is 5.44. The molecule has 1 aromatic carbocycles. The quantitative estimate of drug-likeness (QED) is 0.822. The molecule has 1 fully saturated rings. The Morgan fingerprint density at radius 1 is 1.31 bits per heavy atom. The molecule has 0 bridgehead atoms. The topological polar surface area (TPSA) is 21.3 Å².